The first kappa shape index (κ1) is 15.6. The summed E-state index contributed by atoms with van der Waals surface area (Å²) in [6.45, 7) is 4.11. The van der Waals surface area contributed by atoms with E-state index in [1.54, 1.807) is 14.2 Å². The van der Waals surface area contributed by atoms with Gasteiger partial charge < -0.3 is 15.2 Å². The molecule has 2 aromatic rings. The van der Waals surface area contributed by atoms with Crippen molar-refractivity contribution in [3.8, 4) is 22.9 Å². The number of hydrogen-bond acceptors (Lipinski definition) is 5. The number of hydrogen-bond donors (Lipinski definition) is 1. The molecule has 0 fully saturated rings. The van der Waals surface area contributed by atoms with Gasteiger partial charge in [-0.1, -0.05) is 13.8 Å². The molecular formula is C15H18BrN3O2. The van der Waals surface area contributed by atoms with Crippen LogP contribution in [0.5, 0.6) is 11.5 Å². The largest absolute Gasteiger partial charge is 0.497 e. The van der Waals surface area contributed by atoms with E-state index in [0.29, 0.717) is 23.1 Å². The first-order chi connectivity index (χ1) is 9.97. The smallest absolute Gasteiger partial charge is 0.165 e. The molecule has 2 rings (SSSR count). The van der Waals surface area contributed by atoms with Crippen LogP contribution in [0.25, 0.3) is 11.4 Å². The zero-order valence-corrected chi connectivity index (χ0v) is 14.1. The summed E-state index contributed by atoms with van der Waals surface area (Å²) in [7, 11) is 3.22. The summed E-state index contributed by atoms with van der Waals surface area (Å²) in [6, 6.07) is 5.49. The number of halogens is 1. The molecule has 112 valence electrons. The third kappa shape index (κ3) is 3.10. The minimum atomic E-state index is 0.222. The Bertz CT molecular complexity index is 660. The van der Waals surface area contributed by atoms with E-state index in [1.165, 1.54) is 0 Å². The summed E-state index contributed by atoms with van der Waals surface area (Å²) in [6.07, 6.45) is 0. The lowest BCUT2D eigenvalue weighted by Gasteiger charge is -2.14. The van der Waals surface area contributed by atoms with Crippen LogP contribution in [0, 0.1) is 0 Å². The highest BCUT2D eigenvalue weighted by molar-refractivity contribution is 9.10. The molecule has 0 saturated heterocycles. The van der Waals surface area contributed by atoms with Gasteiger partial charge in [0.05, 0.1) is 29.9 Å². The molecule has 1 heterocycles. The van der Waals surface area contributed by atoms with E-state index in [-0.39, 0.29) is 5.92 Å². The van der Waals surface area contributed by atoms with E-state index in [1.807, 2.05) is 18.2 Å². The van der Waals surface area contributed by atoms with Gasteiger partial charge in [0.15, 0.2) is 5.82 Å². The van der Waals surface area contributed by atoms with Crippen LogP contribution in [0.2, 0.25) is 0 Å². The number of ether oxygens (including phenoxy) is 2. The van der Waals surface area contributed by atoms with Gasteiger partial charge in [0.1, 0.15) is 17.3 Å². The molecule has 0 aliphatic carbocycles. The van der Waals surface area contributed by atoms with Crippen LogP contribution in [0.1, 0.15) is 25.5 Å². The van der Waals surface area contributed by atoms with E-state index in [2.05, 4.69) is 39.7 Å². The average Bonchev–Trinajstić information content (AvgIpc) is 2.48. The molecule has 5 nitrogen and oxygen atoms in total. The van der Waals surface area contributed by atoms with Crippen molar-refractivity contribution in [2.75, 3.05) is 20.0 Å². The lowest BCUT2D eigenvalue weighted by atomic mass is 10.1. The molecule has 0 aliphatic rings. The standard InChI is InChI=1S/C15H18BrN3O2/c1-8(2)13-12(16)14(17)19-15(18-13)10-7-9(20-3)5-6-11(10)21-4/h5-8H,1-4H3,(H2,17,18,19). The first-order valence-electron chi connectivity index (χ1n) is 6.53. The molecule has 1 aromatic carbocycles. The minimum Gasteiger partial charge on any atom is -0.497 e. The van der Waals surface area contributed by atoms with Crippen molar-refractivity contribution in [3.63, 3.8) is 0 Å². The van der Waals surface area contributed by atoms with Crippen LogP contribution in [-0.2, 0) is 0 Å². The molecule has 2 N–H and O–H groups in total. The topological polar surface area (TPSA) is 70.3 Å². The molecule has 1 aromatic heterocycles. The maximum atomic E-state index is 5.99. The lowest BCUT2D eigenvalue weighted by Crippen LogP contribution is -2.05. The Hall–Kier alpha value is -1.82. The normalized spacial score (nSPS) is 10.8. The molecule has 0 spiro atoms. The number of nitrogens with two attached hydrogens (primary N) is 1. The quantitative estimate of drug-likeness (QED) is 0.910. The second-order valence-electron chi connectivity index (χ2n) is 4.85. The van der Waals surface area contributed by atoms with Crippen LogP contribution in [0.4, 0.5) is 5.82 Å². The minimum absolute atomic E-state index is 0.222. The van der Waals surface area contributed by atoms with Gasteiger partial charge in [-0.2, -0.15) is 0 Å². The van der Waals surface area contributed by atoms with Crippen molar-refractivity contribution in [1.82, 2.24) is 9.97 Å². The molecule has 0 amide bonds. The second kappa shape index (κ2) is 6.30. The third-order valence-corrected chi connectivity index (χ3v) is 3.91. The van der Waals surface area contributed by atoms with Crippen molar-refractivity contribution in [3.05, 3.63) is 28.4 Å². The van der Waals surface area contributed by atoms with Crippen molar-refractivity contribution < 1.29 is 9.47 Å². The molecule has 0 saturated carbocycles. The average molecular weight is 352 g/mol. The van der Waals surface area contributed by atoms with Gasteiger partial charge in [0, 0.05) is 0 Å². The van der Waals surface area contributed by atoms with Gasteiger partial charge in [0.2, 0.25) is 0 Å². The zero-order chi connectivity index (χ0) is 15.6. The fourth-order valence-corrected chi connectivity index (χ4v) is 2.61. The Morgan fingerprint density at radius 3 is 2.43 bits per heavy atom. The molecule has 0 atom stereocenters. The fourth-order valence-electron chi connectivity index (χ4n) is 1.97. The number of rotatable bonds is 4. The summed E-state index contributed by atoms with van der Waals surface area (Å²) < 4.78 is 11.4. The van der Waals surface area contributed by atoms with Crippen LogP contribution in [-0.4, -0.2) is 24.2 Å². The second-order valence-corrected chi connectivity index (χ2v) is 5.65. The van der Waals surface area contributed by atoms with Gasteiger partial charge in [-0.3, -0.25) is 0 Å². The molecule has 0 radical (unpaired) electrons. The van der Waals surface area contributed by atoms with E-state index in [4.69, 9.17) is 15.2 Å². The summed E-state index contributed by atoms with van der Waals surface area (Å²) >= 11 is 3.45. The van der Waals surface area contributed by atoms with Crippen LogP contribution in [0.15, 0.2) is 22.7 Å². The highest BCUT2D eigenvalue weighted by atomic mass is 79.9. The predicted molar refractivity (Wildman–Crippen MR) is 86.8 cm³/mol. The summed E-state index contributed by atoms with van der Waals surface area (Å²) in [4.78, 5) is 8.97. The van der Waals surface area contributed by atoms with Gasteiger partial charge in [-0.05, 0) is 40.0 Å². The van der Waals surface area contributed by atoms with E-state index in [9.17, 15) is 0 Å². The fraction of sp³-hybridized carbons (Fsp3) is 0.333. The maximum absolute atomic E-state index is 5.99. The van der Waals surface area contributed by atoms with Crippen LogP contribution >= 0.6 is 15.9 Å². The SMILES string of the molecule is COc1ccc(OC)c(-c2nc(N)c(Br)c(C(C)C)n2)c1. The first-order valence-corrected chi connectivity index (χ1v) is 7.32. The molecule has 0 aliphatic heterocycles. The Balaban J connectivity index is 2.66. The maximum Gasteiger partial charge on any atom is 0.165 e. The van der Waals surface area contributed by atoms with Gasteiger partial charge in [-0.15, -0.1) is 0 Å². The molecular weight excluding hydrogens is 334 g/mol. The molecule has 0 unspecified atom stereocenters. The molecule has 0 bridgehead atoms. The Morgan fingerprint density at radius 2 is 1.86 bits per heavy atom. The Labute approximate surface area is 132 Å². The van der Waals surface area contributed by atoms with E-state index >= 15 is 0 Å². The van der Waals surface area contributed by atoms with Crippen molar-refractivity contribution in [2.24, 2.45) is 0 Å². The number of methoxy groups -OCH3 is 2. The highest BCUT2D eigenvalue weighted by Gasteiger charge is 2.17. The predicted octanol–water partition coefficient (Wildman–Crippen LogP) is 3.63. The van der Waals surface area contributed by atoms with Gasteiger partial charge in [-0.25, -0.2) is 9.97 Å². The number of nitrogens with zero attached hydrogens (tertiary/aromatic N) is 2. The van der Waals surface area contributed by atoms with E-state index in [0.717, 1.165) is 15.7 Å². The van der Waals surface area contributed by atoms with Crippen molar-refractivity contribution in [2.45, 2.75) is 19.8 Å². The van der Waals surface area contributed by atoms with Crippen LogP contribution in [0.3, 0.4) is 0 Å². The van der Waals surface area contributed by atoms with E-state index < -0.39 is 0 Å². The monoisotopic (exact) mass is 351 g/mol. The molecule has 21 heavy (non-hydrogen) atoms. The van der Waals surface area contributed by atoms with Crippen molar-refractivity contribution >= 4 is 21.7 Å². The third-order valence-electron chi connectivity index (χ3n) is 3.10. The Kier molecular flexibility index (Phi) is 4.67. The number of benzene rings is 1. The van der Waals surface area contributed by atoms with Gasteiger partial charge in [0.25, 0.3) is 0 Å². The number of nitrogen functional groups attached to an aromatic ring is 1. The van der Waals surface area contributed by atoms with Gasteiger partial charge >= 0.3 is 0 Å². The summed E-state index contributed by atoms with van der Waals surface area (Å²) in [5, 5.41) is 0. The highest BCUT2D eigenvalue weighted by Crippen LogP contribution is 2.35. The van der Waals surface area contributed by atoms with Crippen molar-refractivity contribution in [1.29, 1.82) is 0 Å². The zero-order valence-electron chi connectivity index (χ0n) is 12.5. The number of anilines is 1. The number of aromatic nitrogens is 2. The van der Waals surface area contributed by atoms with Crippen LogP contribution < -0.4 is 15.2 Å². The summed E-state index contributed by atoms with van der Waals surface area (Å²) in [5.41, 5.74) is 7.60. The lowest BCUT2D eigenvalue weighted by molar-refractivity contribution is 0.404. The molecule has 6 heteroatoms. The summed E-state index contributed by atoms with van der Waals surface area (Å²) in [5.74, 6) is 2.54. The Morgan fingerprint density at radius 1 is 1.14 bits per heavy atom.